The highest BCUT2D eigenvalue weighted by atomic mass is 19.1. The first kappa shape index (κ1) is 70.2. The van der Waals surface area contributed by atoms with Gasteiger partial charge in [-0.1, -0.05) is 46.0 Å². The normalized spacial score (nSPS) is 14.0. The van der Waals surface area contributed by atoms with Crippen molar-refractivity contribution in [1.82, 2.24) is 54.5 Å². The molecule has 4 aromatic heterocycles. The van der Waals surface area contributed by atoms with E-state index in [9.17, 15) is 38.0 Å². The largest absolute Gasteiger partial charge is 0.502 e. The second-order valence-electron chi connectivity index (χ2n) is 25.2. The summed E-state index contributed by atoms with van der Waals surface area (Å²) in [5.41, 5.74) is 12.9. The number of benzene rings is 8. The van der Waals surface area contributed by atoms with Gasteiger partial charge < -0.3 is 63.5 Å². The van der Waals surface area contributed by atoms with E-state index in [-0.39, 0.29) is 23.0 Å². The van der Waals surface area contributed by atoms with Crippen LogP contribution < -0.4 is 38.5 Å². The molecule has 23 nitrogen and oxygen atoms in total. The molecule has 4 saturated heterocycles. The number of anilines is 4. The van der Waals surface area contributed by atoms with Gasteiger partial charge in [0.2, 0.25) is 0 Å². The Labute approximate surface area is 597 Å². The predicted molar refractivity (Wildman–Crippen MR) is 388 cm³/mol. The van der Waals surface area contributed by atoms with E-state index in [1.807, 2.05) is 42.6 Å². The quantitative estimate of drug-likeness (QED) is 0.0657. The molecule has 0 radical (unpaired) electrons. The van der Waals surface area contributed by atoms with Gasteiger partial charge in [-0.05, 0) is 142 Å². The lowest BCUT2D eigenvalue weighted by Gasteiger charge is -2.18. The Kier molecular flexibility index (Phi) is 21.4. The van der Waals surface area contributed by atoms with Crippen molar-refractivity contribution >= 4 is 22.7 Å². The monoisotopic (exact) mass is 1420 g/mol. The molecule has 4 aliphatic rings. The third-order valence-corrected chi connectivity index (χ3v) is 18.6. The van der Waals surface area contributed by atoms with Crippen molar-refractivity contribution in [2.45, 2.75) is 51.4 Å². The van der Waals surface area contributed by atoms with Gasteiger partial charge in [0.25, 0.3) is 0 Å². The summed E-state index contributed by atoms with van der Waals surface area (Å²) in [5, 5.41) is 63.4. The van der Waals surface area contributed by atoms with Crippen LogP contribution in [0.5, 0.6) is 46.0 Å². The molecule has 8 heterocycles. The number of phenolic OH excluding ortho intramolecular Hbond substituents is 4. The van der Waals surface area contributed by atoms with Crippen molar-refractivity contribution in [3.05, 3.63) is 200 Å². The maximum absolute atomic E-state index is 13.9. The van der Waals surface area contributed by atoms with Crippen LogP contribution in [0.1, 0.15) is 51.4 Å². The predicted octanol–water partition coefficient (Wildman–Crippen LogP) is 14.2. The molecule has 0 aliphatic carbocycles. The lowest BCUT2D eigenvalue weighted by molar-refractivity contribution is 0.356. The van der Waals surface area contributed by atoms with Crippen LogP contribution in [0.3, 0.4) is 0 Å². The van der Waals surface area contributed by atoms with Gasteiger partial charge in [0.05, 0.1) is 81.8 Å². The second kappa shape index (κ2) is 31.7. The average Bonchev–Trinajstić information content (AvgIpc) is 1.70. The van der Waals surface area contributed by atoms with Crippen molar-refractivity contribution in [3.8, 4) is 114 Å². The van der Waals surface area contributed by atoms with Gasteiger partial charge >= 0.3 is 0 Å². The minimum atomic E-state index is -0.771. The SMILES string of the molecule is COc1cc(-c2cn(-c3ccc(N4CCCC4)cc3)nn2)cc(F)c1O.COc1cc(-c2cn(-c3cccc(N4CCCC4)c3)nn2)cc(F)c1O.COc1cc(-n2cc(-c3cccc(N4CCCC4)c3)nn2)cc(F)c1O.COc1cc(-n2cnc(-c3ccc(N4CCCC4)cc3)c2)cc(F)c1O. The molecule has 536 valence electrons. The Morgan fingerprint density at radius 2 is 0.663 bits per heavy atom. The number of halogens is 4. The molecule has 104 heavy (non-hydrogen) atoms. The summed E-state index contributed by atoms with van der Waals surface area (Å²) in [6, 6.07) is 43.8. The molecule has 0 amide bonds. The lowest BCUT2D eigenvalue weighted by Crippen LogP contribution is -2.17. The first-order valence-corrected chi connectivity index (χ1v) is 34.1. The second-order valence-corrected chi connectivity index (χ2v) is 25.2. The summed E-state index contributed by atoms with van der Waals surface area (Å²) in [5.74, 6) is -4.80. The highest BCUT2D eigenvalue weighted by molar-refractivity contribution is 5.69. The molecule has 0 atom stereocenters. The Balaban J connectivity index is 0.000000123. The molecule has 8 aromatic carbocycles. The van der Waals surface area contributed by atoms with Crippen LogP contribution in [0.4, 0.5) is 40.3 Å². The van der Waals surface area contributed by atoms with Crippen molar-refractivity contribution in [2.75, 3.05) is 100 Å². The van der Waals surface area contributed by atoms with E-state index < -0.39 is 46.3 Å². The summed E-state index contributed by atoms with van der Waals surface area (Å²) in [7, 11) is 5.50. The first-order valence-electron chi connectivity index (χ1n) is 34.1. The van der Waals surface area contributed by atoms with Gasteiger partial charge in [0, 0.05) is 128 Å². The maximum Gasteiger partial charge on any atom is 0.194 e. The third-order valence-electron chi connectivity index (χ3n) is 18.6. The van der Waals surface area contributed by atoms with E-state index in [0.29, 0.717) is 39.6 Å². The zero-order valence-corrected chi connectivity index (χ0v) is 57.7. The minimum absolute atomic E-state index is 0.0491. The molecular weight excluding hydrogens is 1340 g/mol. The van der Waals surface area contributed by atoms with Crippen LogP contribution in [0.25, 0.3) is 67.8 Å². The number of ether oxygens (including phenoxy) is 4. The number of nitrogens with zero attached hydrogens (tertiary/aromatic N) is 15. The molecule has 4 fully saturated rings. The standard InChI is InChI=1S/C20H20FN3O2.3C19H19FN4O2/c1-26-19-11-16(10-17(21)20(19)25)24-12-18(22-13-24)14-4-6-15(7-5-14)23-8-2-3-9-23;1-26-18-11-13(10-16(20)19(18)25)17-12-24(22-21-17)15-6-4-14(5-7-15)23-8-2-3-9-23;1-26-18-10-13(9-16(20)19(18)25)17-12-24(22-21-17)15-6-4-5-14(11-15)23-7-2-3-8-23;1-26-18-11-15(10-16(20)19(18)25)24-12-17(21-22-24)13-5-4-6-14(9-13)23-7-2-3-8-23/h4-7,10-13,25H,2-3,8-9H2,1H3;4-7,10-12,25H,2-3,8-9H2,1H3;2*4-6,9-12,25H,2-3,7-8H2,1H3. The summed E-state index contributed by atoms with van der Waals surface area (Å²) in [6.45, 7) is 8.70. The van der Waals surface area contributed by atoms with Crippen molar-refractivity contribution in [3.63, 3.8) is 0 Å². The van der Waals surface area contributed by atoms with E-state index in [1.54, 1.807) is 44.9 Å². The summed E-state index contributed by atoms with van der Waals surface area (Å²) >= 11 is 0. The Morgan fingerprint density at radius 1 is 0.308 bits per heavy atom. The molecule has 4 N–H and O–H groups in total. The number of rotatable bonds is 16. The Morgan fingerprint density at radius 3 is 1.13 bits per heavy atom. The topological polar surface area (TPSA) is 241 Å². The summed E-state index contributed by atoms with van der Waals surface area (Å²) in [6.07, 6.45) is 18.5. The number of hydrogen-bond donors (Lipinski definition) is 4. The van der Waals surface area contributed by atoms with E-state index >= 15 is 0 Å². The smallest absolute Gasteiger partial charge is 0.194 e. The lowest BCUT2D eigenvalue weighted by atomic mass is 10.1. The van der Waals surface area contributed by atoms with Crippen molar-refractivity contribution < 1.29 is 56.9 Å². The van der Waals surface area contributed by atoms with Gasteiger partial charge in [-0.3, -0.25) is 0 Å². The molecule has 0 spiro atoms. The fourth-order valence-electron chi connectivity index (χ4n) is 12.9. The molecule has 0 unspecified atom stereocenters. The average molecular weight is 1420 g/mol. The molecule has 12 aromatic rings. The summed E-state index contributed by atoms with van der Waals surface area (Å²) < 4.78 is 81.9. The van der Waals surface area contributed by atoms with Crippen LogP contribution in [-0.4, -0.2) is 156 Å². The van der Waals surface area contributed by atoms with Crippen LogP contribution in [0.15, 0.2) is 177 Å². The van der Waals surface area contributed by atoms with Gasteiger partial charge in [-0.15, -0.1) is 15.3 Å². The van der Waals surface area contributed by atoms with Crippen LogP contribution in [0, 0.1) is 23.3 Å². The Bertz CT molecular complexity index is 4620. The molecular formula is C77H77F4N15O8. The van der Waals surface area contributed by atoms with Crippen molar-refractivity contribution in [1.29, 1.82) is 0 Å². The van der Waals surface area contributed by atoms with E-state index in [0.717, 1.165) is 86.2 Å². The molecule has 4 aliphatic heterocycles. The highest BCUT2D eigenvalue weighted by Gasteiger charge is 2.22. The minimum Gasteiger partial charge on any atom is -0.502 e. The van der Waals surface area contributed by atoms with E-state index in [1.165, 1.54) is 144 Å². The fraction of sp³-hybridized carbons (Fsp3) is 0.260. The number of imidazole rings is 1. The van der Waals surface area contributed by atoms with Gasteiger partial charge in [0.1, 0.15) is 17.1 Å². The number of aromatic hydroxyl groups is 4. The van der Waals surface area contributed by atoms with Gasteiger partial charge in [0.15, 0.2) is 69.3 Å². The number of hydrogen-bond acceptors (Lipinski definition) is 19. The van der Waals surface area contributed by atoms with Crippen molar-refractivity contribution in [2.24, 2.45) is 0 Å². The Hall–Kier alpha value is -12.3. The van der Waals surface area contributed by atoms with Gasteiger partial charge in [-0.2, -0.15) is 0 Å². The van der Waals surface area contributed by atoms with Crippen LogP contribution >= 0.6 is 0 Å². The van der Waals surface area contributed by atoms with E-state index in [2.05, 4.69) is 116 Å². The number of methoxy groups -OCH3 is 4. The zero-order chi connectivity index (χ0) is 72.4. The molecule has 16 rings (SSSR count). The molecule has 0 bridgehead atoms. The highest BCUT2D eigenvalue weighted by Crippen LogP contribution is 2.38. The third kappa shape index (κ3) is 15.8. The summed E-state index contributed by atoms with van der Waals surface area (Å²) in [4.78, 5) is 13.9. The fourth-order valence-corrected chi connectivity index (χ4v) is 12.9. The molecule has 27 heteroatoms. The molecule has 0 saturated carbocycles. The first-order chi connectivity index (χ1) is 50.6. The van der Waals surface area contributed by atoms with Gasteiger partial charge in [-0.25, -0.2) is 36.6 Å². The van der Waals surface area contributed by atoms with E-state index in [4.69, 9.17) is 18.9 Å². The zero-order valence-electron chi connectivity index (χ0n) is 57.7. The van der Waals surface area contributed by atoms with Crippen LogP contribution in [-0.2, 0) is 0 Å². The van der Waals surface area contributed by atoms with Crippen LogP contribution in [0.2, 0.25) is 0 Å². The number of aromatic nitrogens is 11. The number of phenols is 4. The maximum atomic E-state index is 13.9.